The summed E-state index contributed by atoms with van der Waals surface area (Å²) < 4.78 is 4.95. The highest BCUT2D eigenvalue weighted by Crippen LogP contribution is 2.13. The van der Waals surface area contributed by atoms with Crippen LogP contribution in [0.2, 0.25) is 0 Å². The standard InChI is InChI=1S/C17H19N3O3/c1-12(21)13-3-5-15(6-4-13)20-17(22)14-7-8-18-16(11-14)19-9-10-23-2/h3-8,11H,9-10H2,1-2H3,(H,18,19)(H,20,22). The minimum Gasteiger partial charge on any atom is -0.383 e. The van der Waals surface area contributed by atoms with Crippen molar-refractivity contribution in [2.24, 2.45) is 0 Å². The van der Waals surface area contributed by atoms with Gasteiger partial charge in [-0.25, -0.2) is 4.98 Å². The number of Topliss-reactive ketones (excluding diaryl/α,β-unsaturated/α-hetero) is 1. The lowest BCUT2D eigenvalue weighted by Crippen LogP contribution is -2.14. The average molecular weight is 313 g/mol. The smallest absolute Gasteiger partial charge is 0.255 e. The summed E-state index contributed by atoms with van der Waals surface area (Å²) in [7, 11) is 1.62. The summed E-state index contributed by atoms with van der Waals surface area (Å²) in [4.78, 5) is 27.6. The number of hydrogen-bond donors (Lipinski definition) is 2. The largest absolute Gasteiger partial charge is 0.383 e. The second kappa shape index (κ2) is 8.05. The van der Waals surface area contributed by atoms with Crippen LogP contribution in [0.1, 0.15) is 27.6 Å². The molecule has 6 nitrogen and oxygen atoms in total. The molecule has 0 fully saturated rings. The molecule has 1 amide bonds. The molecule has 0 saturated heterocycles. The van der Waals surface area contributed by atoms with E-state index in [1.54, 1.807) is 49.7 Å². The van der Waals surface area contributed by atoms with Crippen molar-refractivity contribution in [1.82, 2.24) is 4.98 Å². The number of anilines is 2. The Kier molecular flexibility index (Phi) is 5.82. The first-order valence-corrected chi connectivity index (χ1v) is 7.21. The number of rotatable bonds is 7. The molecule has 1 heterocycles. The van der Waals surface area contributed by atoms with E-state index in [2.05, 4.69) is 15.6 Å². The number of ether oxygens (including phenoxy) is 1. The molecule has 23 heavy (non-hydrogen) atoms. The van der Waals surface area contributed by atoms with Gasteiger partial charge in [0.1, 0.15) is 5.82 Å². The Balaban J connectivity index is 2.02. The van der Waals surface area contributed by atoms with Crippen molar-refractivity contribution in [2.45, 2.75) is 6.92 Å². The quantitative estimate of drug-likeness (QED) is 0.606. The zero-order valence-corrected chi connectivity index (χ0v) is 13.1. The Morgan fingerprint density at radius 2 is 1.87 bits per heavy atom. The fourth-order valence-corrected chi connectivity index (χ4v) is 1.94. The number of aromatic nitrogens is 1. The van der Waals surface area contributed by atoms with Crippen LogP contribution in [0.4, 0.5) is 11.5 Å². The third kappa shape index (κ3) is 4.89. The van der Waals surface area contributed by atoms with Gasteiger partial charge in [0.05, 0.1) is 6.61 Å². The maximum Gasteiger partial charge on any atom is 0.255 e. The number of carbonyl (C=O) groups is 2. The van der Waals surface area contributed by atoms with Crippen LogP contribution in [0.3, 0.4) is 0 Å². The van der Waals surface area contributed by atoms with Crippen molar-refractivity contribution in [2.75, 3.05) is 30.9 Å². The molecule has 2 aromatic rings. The van der Waals surface area contributed by atoms with Crippen LogP contribution in [-0.4, -0.2) is 36.9 Å². The second-order valence-corrected chi connectivity index (χ2v) is 4.94. The predicted octanol–water partition coefficient (Wildman–Crippen LogP) is 2.59. The van der Waals surface area contributed by atoms with Crippen molar-refractivity contribution < 1.29 is 14.3 Å². The first-order valence-electron chi connectivity index (χ1n) is 7.21. The lowest BCUT2D eigenvalue weighted by Gasteiger charge is -2.08. The fourth-order valence-electron chi connectivity index (χ4n) is 1.94. The molecule has 1 aromatic carbocycles. The normalized spacial score (nSPS) is 10.2. The lowest BCUT2D eigenvalue weighted by molar-refractivity contribution is 0.101. The Hall–Kier alpha value is -2.73. The number of nitrogens with one attached hydrogen (secondary N) is 2. The molecule has 0 unspecified atom stereocenters. The molecule has 2 N–H and O–H groups in total. The molecule has 0 saturated carbocycles. The van der Waals surface area contributed by atoms with Gasteiger partial charge in [-0.05, 0) is 43.3 Å². The van der Waals surface area contributed by atoms with Crippen LogP contribution in [-0.2, 0) is 4.74 Å². The summed E-state index contributed by atoms with van der Waals surface area (Å²) in [6, 6.07) is 10.1. The number of pyridine rings is 1. The van der Waals surface area contributed by atoms with E-state index in [0.29, 0.717) is 35.8 Å². The highest BCUT2D eigenvalue weighted by atomic mass is 16.5. The molecule has 0 aliphatic rings. The predicted molar refractivity (Wildman–Crippen MR) is 89.0 cm³/mol. The van der Waals surface area contributed by atoms with E-state index in [1.165, 1.54) is 6.92 Å². The maximum atomic E-state index is 12.3. The van der Waals surface area contributed by atoms with Crippen LogP contribution in [0.25, 0.3) is 0 Å². The van der Waals surface area contributed by atoms with E-state index < -0.39 is 0 Å². The van der Waals surface area contributed by atoms with E-state index in [4.69, 9.17) is 4.74 Å². The van der Waals surface area contributed by atoms with Gasteiger partial charge in [-0.2, -0.15) is 0 Å². The second-order valence-electron chi connectivity index (χ2n) is 4.94. The zero-order valence-electron chi connectivity index (χ0n) is 13.1. The zero-order chi connectivity index (χ0) is 16.7. The Labute approximate surface area is 134 Å². The molecule has 0 atom stereocenters. The van der Waals surface area contributed by atoms with Crippen molar-refractivity contribution in [1.29, 1.82) is 0 Å². The van der Waals surface area contributed by atoms with Crippen LogP contribution in [0, 0.1) is 0 Å². The van der Waals surface area contributed by atoms with Gasteiger partial charge in [0.2, 0.25) is 0 Å². The number of ketones is 1. The number of hydrogen-bond acceptors (Lipinski definition) is 5. The van der Waals surface area contributed by atoms with E-state index in [0.717, 1.165) is 0 Å². The minimum absolute atomic E-state index is 0.0104. The van der Waals surface area contributed by atoms with Crippen molar-refractivity contribution in [3.63, 3.8) is 0 Å². The van der Waals surface area contributed by atoms with Gasteiger partial charge in [-0.1, -0.05) is 0 Å². The van der Waals surface area contributed by atoms with Crippen LogP contribution in [0.5, 0.6) is 0 Å². The van der Waals surface area contributed by atoms with Crippen LogP contribution < -0.4 is 10.6 Å². The van der Waals surface area contributed by atoms with E-state index >= 15 is 0 Å². The molecule has 0 spiro atoms. The molecule has 6 heteroatoms. The highest BCUT2D eigenvalue weighted by Gasteiger charge is 2.08. The van der Waals surface area contributed by atoms with Crippen LogP contribution in [0.15, 0.2) is 42.6 Å². The third-order valence-electron chi connectivity index (χ3n) is 3.18. The molecule has 0 aliphatic carbocycles. The summed E-state index contributed by atoms with van der Waals surface area (Å²) in [6.45, 7) is 2.67. The summed E-state index contributed by atoms with van der Waals surface area (Å²) in [5.41, 5.74) is 1.73. The fraction of sp³-hybridized carbons (Fsp3) is 0.235. The van der Waals surface area contributed by atoms with Crippen molar-refractivity contribution in [3.05, 3.63) is 53.7 Å². The molecule has 120 valence electrons. The summed E-state index contributed by atoms with van der Waals surface area (Å²) in [6.07, 6.45) is 1.57. The van der Waals surface area contributed by atoms with Gasteiger partial charge >= 0.3 is 0 Å². The summed E-state index contributed by atoms with van der Waals surface area (Å²) in [5, 5.41) is 5.86. The molecule has 0 aliphatic heterocycles. The SMILES string of the molecule is COCCNc1cc(C(=O)Nc2ccc(C(C)=O)cc2)ccn1. The highest BCUT2D eigenvalue weighted by molar-refractivity contribution is 6.05. The van der Waals surface area contributed by atoms with E-state index in [-0.39, 0.29) is 11.7 Å². The van der Waals surface area contributed by atoms with Crippen LogP contribution >= 0.6 is 0 Å². The number of carbonyl (C=O) groups excluding carboxylic acids is 2. The number of methoxy groups -OCH3 is 1. The number of nitrogens with zero attached hydrogens (tertiary/aromatic N) is 1. The summed E-state index contributed by atoms with van der Waals surface area (Å²) >= 11 is 0. The van der Waals surface area contributed by atoms with Crippen molar-refractivity contribution >= 4 is 23.2 Å². The number of benzene rings is 1. The Bertz CT molecular complexity index is 684. The molecule has 2 rings (SSSR count). The van der Waals surface area contributed by atoms with E-state index in [1.807, 2.05) is 0 Å². The van der Waals surface area contributed by atoms with E-state index in [9.17, 15) is 9.59 Å². The lowest BCUT2D eigenvalue weighted by atomic mass is 10.1. The Morgan fingerprint density at radius 3 is 2.52 bits per heavy atom. The molecular formula is C17H19N3O3. The van der Waals surface area contributed by atoms with Gasteiger partial charge in [0.25, 0.3) is 5.91 Å². The molecule has 0 radical (unpaired) electrons. The molecular weight excluding hydrogens is 294 g/mol. The van der Waals surface area contributed by atoms with Crippen molar-refractivity contribution in [3.8, 4) is 0 Å². The molecule has 0 bridgehead atoms. The first-order chi connectivity index (χ1) is 11.1. The monoisotopic (exact) mass is 313 g/mol. The van der Waals surface area contributed by atoms with Gasteiger partial charge in [0, 0.05) is 36.7 Å². The van der Waals surface area contributed by atoms with Gasteiger partial charge < -0.3 is 15.4 Å². The maximum absolute atomic E-state index is 12.3. The first kappa shape index (κ1) is 16.6. The Morgan fingerprint density at radius 1 is 1.13 bits per heavy atom. The summed E-state index contributed by atoms with van der Waals surface area (Å²) in [5.74, 6) is 0.364. The topological polar surface area (TPSA) is 80.3 Å². The van der Waals surface area contributed by atoms with Gasteiger partial charge in [-0.15, -0.1) is 0 Å². The molecule has 1 aromatic heterocycles. The third-order valence-corrected chi connectivity index (χ3v) is 3.18. The van der Waals surface area contributed by atoms with Gasteiger partial charge in [0.15, 0.2) is 5.78 Å². The minimum atomic E-state index is -0.238. The van der Waals surface area contributed by atoms with Gasteiger partial charge in [-0.3, -0.25) is 9.59 Å². The average Bonchev–Trinajstić information content (AvgIpc) is 2.56. The number of amides is 1.